The Kier molecular flexibility index (Phi) is 5.61. The van der Waals surface area contributed by atoms with Crippen LogP contribution in [0.2, 0.25) is 5.02 Å². The lowest BCUT2D eigenvalue weighted by Gasteiger charge is -2.05. The van der Waals surface area contributed by atoms with E-state index in [0.29, 0.717) is 5.88 Å². The van der Waals surface area contributed by atoms with Gasteiger partial charge in [-0.05, 0) is 6.07 Å². The molecule has 0 bridgehead atoms. The number of halogens is 2. The number of benzene rings is 1. The van der Waals surface area contributed by atoms with Crippen molar-refractivity contribution in [1.82, 2.24) is 5.32 Å². The molecule has 1 amide bonds. The lowest BCUT2D eigenvalue weighted by molar-refractivity contribution is -0.385. The molecule has 1 aromatic rings. The lowest BCUT2D eigenvalue weighted by Crippen LogP contribution is -2.24. The van der Waals surface area contributed by atoms with Crippen molar-refractivity contribution < 1.29 is 9.72 Å². The third-order valence-electron chi connectivity index (χ3n) is 2.05. The molecule has 0 heterocycles. The van der Waals surface area contributed by atoms with Crippen LogP contribution >= 0.6 is 23.2 Å². The second kappa shape index (κ2) is 6.98. The van der Waals surface area contributed by atoms with Crippen molar-refractivity contribution in [3.05, 3.63) is 51.1 Å². The van der Waals surface area contributed by atoms with E-state index in [2.05, 4.69) is 5.32 Å². The molecular weight excluding hydrogens is 279 g/mol. The first-order valence-electron chi connectivity index (χ1n) is 5.00. The van der Waals surface area contributed by atoms with Crippen LogP contribution in [0.25, 0.3) is 0 Å². The van der Waals surface area contributed by atoms with Gasteiger partial charge in [0.1, 0.15) is 5.56 Å². The van der Waals surface area contributed by atoms with E-state index in [1.54, 1.807) is 12.2 Å². The number of nitro groups is 1. The van der Waals surface area contributed by atoms with Gasteiger partial charge in [0.2, 0.25) is 0 Å². The molecule has 7 heteroatoms. The highest BCUT2D eigenvalue weighted by molar-refractivity contribution is 6.34. The Balaban J connectivity index is 2.91. The number of amides is 1. The maximum Gasteiger partial charge on any atom is 0.283 e. The molecule has 0 spiro atoms. The van der Waals surface area contributed by atoms with E-state index in [4.69, 9.17) is 23.2 Å². The minimum absolute atomic E-state index is 0.0445. The highest BCUT2D eigenvalue weighted by Gasteiger charge is 2.22. The van der Waals surface area contributed by atoms with E-state index in [0.717, 1.165) is 0 Å². The van der Waals surface area contributed by atoms with Gasteiger partial charge in [0.05, 0.1) is 9.95 Å². The van der Waals surface area contributed by atoms with Gasteiger partial charge in [-0.15, -0.1) is 11.6 Å². The second-order valence-electron chi connectivity index (χ2n) is 3.23. The van der Waals surface area contributed by atoms with E-state index >= 15 is 0 Å². The van der Waals surface area contributed by atoms with Crippen molar-refractivity contribution in [3.8, 4) is 0 Å². The largest absolute Gasteiger partial charge is 0.348 e. The van der Waals surface area contributed by atoms with Gasteiger partial charge in [0, 0.05) is 18.5 Å². The summed E-state index contributed by atoms with van der Waals surface area (Å²) in [6.45, 7) is 0.230. The van der Waals surface area contributed by atoms with Crippen LogP contribution in [0.15, 0.2) is 30.4 Å². The first-order chi connectivity index (χ1) is 8.57. The quantitative estimate of drug-likeness (QED) is 0.392. The Labute approximate surface area is 114 Å². The molecular formula is C11H10Cl2N2O3. The molecule has 0 aliphatic carbocycles. The summed E-state index contributed by atoms with van der Waals surface area (Å²) in [6.07, 6.45) is 3.30. The molecule has 96 valence electrons. The summed E-state index contributed by atoms with van der Waals surface area (Å²) in [5.41, 5.74) is -0.454. The van der Waals surface area contributed by atoms with Crippen molar-refractivity contribution in [2.45, 2.75) is 0 Å². The molecule has 0 atom stereocenters. The fraction of sp³-hybridized carbons (Fsp3) is 0.182. The number of nitrogens with zero attached hydrogens (tertiary/aromatic N) is 1. The highest BCUT2D eigenvalue weighted by Crippen LogP contribution is 2.25. The van der Waals surface area contributed by atoms with E-state index in [1.807, 2.05) is 0 Å². The zero-order valence-electron chi connectivity index (χ0n) is 9.23. The molecule has 0 saturated carbocycles. The van der Waals surface area contributed by atoms with Gasteiger partial charge in [-0.3, -0.25) is 14.9 Å². The first kappa shape index (κ1) is 14.5. The Hall–Kier alpha value is -1.59. The topological polar surface area (TPSA) is 72.2 Å². The summed E-state index contributed by atoms with van der Waals surface area (Å²) < 4.78 is 0. The molecule has 0 saturated heterocycles. The number of carbonyl (C=O) groups excluding carboxylic acids is 1. The molecule has 18 heavy (non-hydrogen) atoms. The van der Waals surface area contributed by atoms with Crippen LogP contribution in [0.1, 0.15) is 10.4 Å². The van der Waals surface area contributed by atoms with Gasteiger partial charge in [0.15, 0.2) is 0 Å². The Morgan fingerprint density at radius 1 is 1.44 bits per heavy atom. The molecule has 0 aromatic heterocycles. The minimum atomic E-state index is -0.643. The molecule has 0 unspecified atom stereocenters. The molecule has 5 nitrogen and oxygen atoms in total. The second-order valence-corrected chi connectivity index (χ2v) is 3.94. The fourth-order valence-corrected chi connectivity index (χ4v) is 1.66. The molecule has 0 fully saturated rings. The highest BCUT2D eigenvalue weighted by atomic mass is 35.5. The Bertz CT molecular complexity index is 489. The standard InChI is InChI=1S/C11H10Cl2N2O3/c12-6-1-2-7-14-11(16)10-8(13)4-3-5-9(10)15(17)18/h1-5H,6-7H2,(H,14,16)/b2-1+. The Morgan fingerprint density at radius 3 is 2.78 bits per heavy atom. The van der Waals surface area contributed by atoms with Gasteiger partial charge in [-0.1, -0.05) is 29.8 Å². The van der Waals surface area contributed by atoms with Crippen LogP contribution < -0.4 is 5.32 Å². The van der Waals surface area contributed by atoms with Crippen molar-refractivity contribution >= 4 is 34.8 Å². The smallest absolute Gasteiger partial charge is 0.283 e. The van der Waals surface area contributed by atoms with Gasteiger partial charge in [0.25, 0.3) is 11.6 Å². The van der Waals surface area contributed by atoms with Crippen LogP contribution in [0.4, 0.5) is 5.69 Å². The van der Waals surface area contributed by atoms with E-state index in [9.17, 15) is 14.9 Å². The van der Waals surface area contributed by atoms with E-state index < -0.39 is 10.8 Å². The van der Waals surface area contributed by atoms with Gasteiger partial charge < -0.3 is 5.32 Å². The third kappa shape index (κ3) is 3.72. The fourth-order valence-electron chi connectivity index (χ4n) is 1.28. The molecule has 0 radical (unpaired) electrons. The van der Waals surface area contributed by atoms with Gasteiger partial charge in [-0.2, -0.15) is 0 Å². The van der Waals surface area contributed by atoms with E-state index in [1.165, 1.54) is 18.2 Å². The SMILES string of the molecule is O=C(NC/C=C/CCl)c1c(Cl)cccc1[N+](=O)[O-]. The molecule has 1 N–H and O–H groups in total. The predicted octanol–water partition coefficient (Wildman–Crippen LogP) is 2.77. The number of nitro benzene ring substituents is 1. The molecule has 1 aromatic carbocycles. The lowest BCUT2D eigenvalue weighted by atomic mass is 10.1. The van der Waals surface area contributed by atoms with Crippen molar-refractivity contribution in [2.75, 3.05) is 12.4 Å². The van der Waals surface area contributed by atoms with Crippen LogP contribution in [-0.2, 0) is 0 Å². The predicted molar refractivity (Wildman–Crippen MR) is 70.3 cm³/mol. The number of hydrogen-bond donors (Lipinski definition) is 1. The van der Waals surface area contributed by atoms with Gasteiger partial charge >= 0.3 is 0 Å². The number of nitrogens with one attached hydrogen (secondary N) is 1. The van der Waals surface area contributed by atoms with Crippen LogP contribution in [0.5, 0.6) is 0 Å². The average molecular weight is 289 g/mol. The monoisotopic (exact) mass is 288 g/mol. The zero-order valence-corrected chi connectivity index (χ0v) is 10.7. The zero-order chi connectivity index (χ0) is 13.5. The molecule has 1 rings (SSSR count). The van der Waals surface area contributed by atoms with Crippen LogP contribution in [0.3, 0.4) is 0 Å². The summed E-state index contributed by atoms with van der Waals surface area (Å²) in [5.74, 6) is -0.256. The number of rotatable bonds is 5. The Morgan fingerprint density at radius 2 is 2.17 bits per heavy atom. The van der Waals surface area contributed by atoms with Crippen LogP contribution in [0, 0.1) is 10.1 Å². The minimum Gasteiger partial charge on any atom is -0.348 e. The maximum absolute atomic E-state index is 11.8. The third-order valence-corrected chi connectivity index (χ3v) is 2.54. The van der Waals surface area contributed by atoms with Crippen molar-refractivity contribution in [2.24, 2.45) is 0 Å². The normalized spacial score (nSPS) is 10.6. The number of carbonyl (C=O) groups is 1. The summed E-state index contributed by atoms with van der Waals surface area (Å²) >= 11 is 11.2. The summed E-state index contributed by atoms with van der Waals surface area (Å²) in [4.78, 5) is 21.9. The summed E-state index contributed by atoms with van der Waals surface area (Å²) in [5, 5.41) is 13.3. The van der Waals surface area contributed by atoms with E-state index in [-0.39, 0.29) is 22.8 Å². The summed E-state index contributed by atoms with van der Waals surface area (Å²) in [6, 6.07) is 4.08. The number of alkyl halides is 1. The van der Waals surface area contributed by atoms with Crippen molar-refractivity contribution in [1.29, 1.82) is 0 Å². The van der Waals surface area contributed by atoms with Crippen LogP contribution in [-0.4, -0.2) is 23.3 Å². The molecule has 0 aliphatic heterocycles. The summed E-state index contributed by atoms with van der Waals surface area (Å²) in [7, 11) is 0. The number of allylic oxidation sites excluding steroid dienone is 1. The number of hydrogen-bond acceptors (Lipinski definition) is 3. The first-order valence-corrected chi connectivity index (χ1v) is 5.91. The maximum atomic E-state index is 11.8. The molecule has 0 aliphatic rings. The van der Waals surface area contributed by atoms with Crippen molar-refractivity contribution in [3.63, 3.8) is 0 Å². The van der Waals surface area contributed by atoms with Gasteiger partial charge in [-0.25, -0.2) is 0 Å². The average Bonchev–Trinajstić information content (AvgIpc) is 2.34.